The SMILES string of the molecule is Cc1ccccc1CC(=O)N1CCC(COc2ccc(Cl)cc2)(CC(=O)N2CCN(C)CC2)CC1. The van der Waals surface area contributed by atoms with Gasteiger partial charge in [0.1, 0.15) is 5.75 Å². The van der Waals surface area contributed by atoms with Crippen molar-refractivity contribution in [1.29, 1.82) is 0 Å². The molecule has 0 atom stereocenters. The quantitative estimate of drug-likeness (QED) is 0.579. The van der Waals surface area contributed by atoms with Gasteiger partial charge in [-0.2, -0.15) is 0 Å². The number of nitrogens with zero attached hydrogens (tertiary/aromatic N) is 3. The molecule has 2 aliphatic rings. The van der Waals surface area contributed by atoms with E-state index in [0.29, 0.717) is 37.6 Å². The van der Waals surface area contributed by atoms with E-state index in [1.807, 2.05) is 65.3 Å². The number of ether oxygens (including phenoxy) is 1. The van der Waals surface area contributed by atoms with Gasteiger partial charge in [-0.1, -0.05) is 35.9 Å². The zero-order valence-electron chi connectivity index (χ0n) is 20.8. The van der Waals surface area contributed by atoms with Crippen LogP contribution in [0.5, 0.6) is 5.75 Å². The molecule has 2 aromatic rings. The number of benzene rings is 2. The van der Waals surface area contributed by atoms with Gasteiger partial charge in [0.05, 0.1) is 13.0 Å². The fourth-order valence-corrected chi connectivity index (χ4v) is 5.07. The van der Waals surface area contributed by atoms with Crippen LogP contribution in [0.3, 0.4) is 0 Å². The van der Waals surface area contributed by atoms with Crippen LogP contribution in [0.15, 0.2) is 48.5 Å². The second-order valence-electron chi connectivity index (χ2n) is 10.1. The molecule has 2 heterocycles. The number of carbonyl (C=O) groups is 2. The maximum atomic E-state index is 13.3. The summed E-state index contributed by atoms with van der Waals surface area (Å²) in [5, 5.41) is 0.665. The fourth-order valence-electron chi connectivity index (χ4n) is 4.94. The van der Waals surface area contributed by atoms with Gasteiger partial charge in [0.15, 0.2) is 0 Å². The lowest BCUT2D eigenvalue weighted by atomic mass is 9.75. The summed E-state index contributed by atoms with van der Waals surface area (Å²) in [4.78, 5) is 32.5. The number of aryl methyl sites for hydroxylation is 1. The summed E-state index contributed by atoms with van der Waals surface area (Å²) in [7, 11) is 2.09. The van der Waals surface area contributed by atoms with Gasteiger partial charge in [-0.3, -0.25) is 9.59 Å². The van der Waals surface area contributed by atoms with Crippen LogP contribution in [0.2, 0.25) is 5.02 Å². The summed E-state index contributed by atoms with van der Waals surface area (Å²) in [5.41, 5.74) is 1.92. The second-order valence-corrected chi connectivity index (χ2v) is 10.5. The van der Waals surface area contributed by atoms with Crippen molar-refractivity contribution < 1.29 is 14.3 Å². The first-order valence-electron chi connectivity index (χ1n) is 12.5. The molecule has 0 aliphatic carbocycles. The first-order valence-corrected chi connectivity index (χ1v) is 12.9. The van der Waals surface area contributed by atoms with Gasteiger partial charge in [-0.15, -0.1) is 0 Å². The number of hydrogen-bond acceptors (Lipinski definition) is 4. The Morgan fingerprint density at radius 1 is 0.886 bits per heavy atom. The van der Waals surface area contributed by atoms with Crippen LogP contribution in [0.25, 0.3) is 0 Å². The predicted molar refractivity (Wildman–Crippen MR) is 139 cm³/mol. The Morgan fingerprint density at radius 3 is 2.17 bits per heavy atom. The van der Waals surface area contributed by atoms with Gasteiger partial charge in [0.2, 0.25) is 11.8 Å². The Morgan fingerprint density at radius 2 is 1.51 bits per heavy atom. The highest BCUT2D eigenvalue weighted by Gasteiger charge is 2.40. The Kier molecular flexibility index (Phi) is 8.34. The molecule has 2 aromatic carbocycles. The first-order chi connectivity index (χ1) is 16.8. The van der Waals surface area contributed by atoms with E-state index in [2.05, 4.69) is 11.9 Å². The molecule has 0 aromatic heterocycles. The van der Waals surface area contributed by atoms with Crippen LogP contribution in [-0.2, 0) is 16.0 Å². The normalized spacial score (nSPS) is 18.4. The van der Waals surface area contributed by atoms with Crippen LogP contribution >= 0.6 is 11.6 Å². The molecule has 7 heteroatoms. The summed E-state index contributed by atoms with van der Waals surface area (Å²) in [5.74, 6) is 1.09. The average Bonchev–Trinajstić information content (AvgIpc) is 2.86. The minimum Gasteiger partial charge on any atom is -0.493 e. The number of carbonyl (C=O) groups excluding carboxylic acids is 2. The third kappa shape index (κ3) is 6.77. The summed E-state index contributed by atoms with van der Waals surface area (Å²) in [6.45, 7) is 7.13. The largest absolute Gasteiger partial charge is 0.493 e. The number of likely N-dealkylation sites (tertiary alicyclic amines) is 1. The number of piperidine rings is 1. The third-order valence-corrected chi connectivity index (χ3v) is 7.77. The van der Waals surface area contributed by atoms with Crippen molar-refractivity contribution >= 4 is 23.4 Å². The molecule has 0 bridgehead atoms. The zero-order chi connectivity index (χ0) is 24.8. The van der Waals surface area contributed by atoms with Gasteiger partial charge in [-0.05, 0) is 62.2 Å². The van der Waals surface area contributed by atoms with Crippen LogP contribution in [0.4, 0.5) is 0 Å². The lowest BCUT2D eigenvalue weighted by Crippen LogP contribution is -2.51. The molecule has 4 rings (SSSR count). The van der Waals surface area contributed by atoms with Gasteiger partial charge in [-0.25, -0.2) is 0 Å². The van der Waals surface area contributed by atoms with Crippen LogP contribution < -0.4 is 4.74 Å². The lowest BCUT2D eigenvalue weighted by Gasteiger charge is -2.43. The van der Waals surface area contributed by atoms with Crippen LogP contribution in [0.1, 0.15) is 30.4 Å². The van der Waals surface area contributed by atoms with E-state index in [1.165, 1.54) is 0 Å². The third-order valence-electron chi connectivity index (χ3n) is 7.52. The summed E-state index contributed by atoms with van der Waals surface area (Å²) in [6, 6.07) is 15.4. The summed E-state index contributed by atoms with van der Waals surface area (Å²) < 4.78 is 6.18. The molecule has 0 N–H and O–H groups in total. The zero-order valence-corrected chi connectivity index (χ0v) is 21.6. The van der Waals surface area contributed by atoms with Crippen molar-refractivity contribution in [2.45, 2.75) is 32.6 Å². The Labute approximate surface area is 213 Å². The average molecular weight is 498 g/mol. The molecular formula is C28H36ClN3O3. The van der Waals surface area contributed by atoms with E-state index in [1.54, 1.807) is 0 Å². The van der Waals surface area contributed by atoms with Gasteiger partial charge in [0, 0.05) is 56.1 Å². The molecule has 0 radical (unpaired) electrons. The minimum absolute atomic E-state index is 0.150. The highest BCUT2D eigenvalue weighted by Crippen LogP contribution is 2.37. The van der Waals surface area contributed by atoms with E-state index in [9.17, 15) is 9.59 Å². The Hall–Kier alpha value is -2.57. The molecule has 2 fully saturated rings. The van der Waals surface area contributed by atoms with Crippen molar-refractivity contribution in [3.05, 3.63) is 64.7 Å². The van der Waals surface area contributed by atoms with Crippen LogP contribution in [0, 0.1) is 12.3 Å². The number of halogens is 1. The summed E-state index contributed by atoms with van der Waals surface area (Å²) in [6.07, 6.45) is 2.37. The number of amides is 2. The lowest BCUT2D eigenvalue weighted by molar-refractivity contribution is -0.138. The van der Waals surface area contributed by atoms with E-state index in [0.717, 1.165) is 55.9 Å². The van der Waals surface area contributed by atoms with Gasteiger partial charge < -0.3 is 19.4 Å². The topological polar surface area (TPSA) is 53.1 Å². The molecule has 0 spiro atoms. The van der Waals surface area contributed by atoms with Crippen molar-refractivity contribution in [1.82, 2.24) is 14.7 Å². The molecule has 35 heavy (non-hydrogen) atoms. The standard InChI is InChI=1S/C28H36ClN3O3/c1-22-5-3-4-6-23(22)19-26(33)31-13-11-28(12-14-31,21-35-25-9-7-24(29)8-10-25)20-27(34)32-17-15-30(2)16-18-32/h3-10H,11-21H2,1-2H3. The molecule has 2 amide bonds. The minimum atomic E-state index is -0.292. The van der Waals surface area contributed by atoms with Crippen molar-refractivity contribution in [2.24, 2.45) is 5.41 Å². The maximum Gasteiger partial charge on any atom is 0.226 e. The molecule has 0 saturated carbocycles. The van der Waals surface area contributed by atoms with E-state index < -0.39 is 0 Å². The highest BCUT2D eigenvalue weighted by atomic mass is 35.5. The monoisotopic (exact) mass is 497 g/mol. The number of hydrogen-bond donors (Lipinski definition) is 0. The predicted octanol–water partition coefficient (Wildman–Crippen LogP) is 4.04. The van der Waals surface area contributed by atoms with Crippen molar-refractivity contribution in [2.75, 3.05) is 52.9 Å². The molecule has 2 aliphatic heterocycles. The smallest absolute Gasteiger partial charge is 0.226 e. The van der Waals surface area contributed by atoms with Crippen molar-refractivity contribution in [3.63, 3.8) is 0 Å². The Balaban J connectivity index is 1.41. The number of rotatable bonds is 7. The number of likely N-dealkylation sites (N-methyl/N-ethyl adjacent to an activating group) is 1. The van der Waals surface area contributed by atoms with Gasteiger partial charge >= 0.3 is 0 Å². The molecule has 188 valence electrons. The maximum absolute atomic E-state index is 13.3. The fraction of sp³-hybridized carbons (Fsp3) is 0.500. The Bertz CT molecular complexity index is 1010. The molecule has 2 saturated heterocycles. The van der Waals surface area contributed by atoms with E-state index in [4.69, 9.17) is 16.3 Å². The second kappa shape index (κ2) is 11.4. The van der Waals surface area contributed by atoms with E-state index >= 15 is 0 Å². The summed E-state index contributed by atoms with van der Waals surface area (Å²) >= 11 is 6.02. The molecular weight excluding hydrogens is 462 g/mol. The molecule has 6 nitrogen and oxygen atoms in total. The highest BCUT2D eigenvalue weighted by molar-refractivity contribution is 6.30. The molecule has 0 unspecified atom stereocenters. The van der Waals surface area contributed by atoms with Crippen LogP contribution in [-0.4, -0.2) is 79.4 Å². The number of piperazine rings is 1. The van der Waals surface area contributed by atoms with E-state index in [-0.39, 0.29) is 17.2 Å². The first kappa shape index (κ1) is 25.5. The van der Waals surface area contributed by atoms with Gasteiger partial charge in [0.25, 0.3) is 0 Å². The van der Waals surface area contributed by atoms with Crippen molar-refractivity contribution in [3.8, 4) is 5.75 Å².